The van der Waals surface area contributed by atoms with E-state index >= 15 is 0 Å². The Kier molecular flexibility index (Phi) is 4.87. The van der Waals surface area contributed by atoms with E-state index in [2.05, 4.69) is 16.0 Å². The summed E-state index contributed by atoms with van der Waals surface area (Å²) in [4.78, 5) is 11.9. The lowest BCUT2D eigenvalue weighted by Gasteiger charge is -2.10. The molecule has 5 N–H and O–H groups in total. The van der Waals surface area contributed by atoms with Crippen LogP contribution in [0.4, 0.5) is 16.2 Å². The van der Waals surface area contributed by atoms with Gasteiger partial charge in [-0.05, 0) is 29.8 Å². The Balaban J connectivity index is 2.01. The summed E-state index contributed by atoms with van der Waals surface area (Å²) in [7, 11) is 1.79. The molecule has 0 aromatic heterocycles. The second-order valence-corrected chi connectivity index (χ2v) is 4.55. The molecule has 0 saturated heterocycles. The Labute approximate surface area is 128 Å². The summed E-state index contributed by atoms with van der Waals surface area (Å²) in [5, 5.41) is 23.2. The molecule has 6 nitrogen and oxygen atoms in total. The van der Waals surface area contributed by atoms with Gasteiger partial charge in [0.25, 0.3) is 0 Å². The number of amidine groups is 1. The minimum absolute atomic E-state index is 0.0119. The van der Waals surface area contributed by atoms with Crippen molar-refractivity contribution in [3.05, 3.63) is 59.7 Å². The number of carbonyl (C=O) groups excluding carboxylic acids is 1. The predicted molar refractivity (Wildman–Crippen MR) is 89.3 cm³/mol. The molecule has 0 aliphatic carbocycles. The maximum Gasteiger partial charge on any atom is 0.324 e. The minimum atomic E-state index is -0.498. The van der Waals surface area contributed by atoms with Gasteiger partial charge in [0.15, 0.2) is 0 Å². The maximum atomic E-state index is 11.9. The van der Waals surface area contributed by atoms with E-state index in [0.717, 1.165) is 5.69 Å². The van der Waals surface area contributed by atoms with Gasteiger partial charge in [-0.15, -0.1) is 0 Å². The Hall–Kier alpha value is -3.15. The number of benzene rings is 2. The van der Waals surface area contributed by atoms with Crippen molar-refractivity contribution in [3.8, 4) is 0 Å². The van der Waals surface area contributed by atoms with E-state index < -0.39 is 6.03 Å². The molecule has 0 fully saturated rings. The van der Waals surface area contributed by atoms with Crippen LogP contribution in [0.15, 0.2) is 48.5 Å². The monoisotopic (exact) mass is 295 g/mol. The van der Waals surface area contributed by atoms with Gasteiger partial charge in [-0.3, -0.25) is 10.7 Å². The summed E-state index contributed by atoms with van der Waals surface area (Å²) in [5.41, 5.74) is 2.73. The smallest absolute Gasteiger partial charge is 0.324 e. The third kappa shape index (κ3) is 3.92. The molecule has 0 aliphatic heterocycles. The molecular formula is C16H17N5O. The molecule has 0 atom stereocenters. The molecule has 0 bridgehead atoms. The zero-order valence-corrected chi connectivity index (χ0v) is 12.1. The van der Waals surface area contributed by atoms with E-state index in [-0.39, 0.29) is 5.84 Å². The fourth-order valence-corrected chi connectivity index (χ4v) is 1.88. The van der Waals surface area contributed by atoms with Crippen molar-refractivity contribution in [3.63, 3.8) is 0 Å². The van der Waals surface area contributed by atoms with E-state index in [1.807, 2.05) is 12.1 Å². The third-order valence-corrected chi connectivity index (χ3v) is 2.99. The van der Waals surface area contributed by atoms with Gasteiger partial charge >= 0.3 is 6.03 Å². The SMILES string of the molecule is CNc1cccc(C(=N)NC(=O)Nc2cccc(C=N)c2)c1. The number of carbonyl (C=O) groups is 1. The number of urea groups is 1. The molecule has 2 aromatic carbocycles. The zero-order chi connectivity index (χ0) is 15.9. The summed E-state index contributed by atoms with van der Waals surface area (Å²) in [6.45, 7) is 0. The van der Waals surface area contributed by atoms with Crippen molar-refractivity contribution < 1.29 is 4.79 Å². The number of hydrogen-bond donors (Lipinski definition) is 5. The molecule has 22 heavy (non-hydrogen) atoms. The average molecular weight is 295 g/mol. The lowest BCUT2D eigenvalue weighted by atomic mass is 10.2. The molecule has 0 saturated carbocycles. The van der Waals surface area contributed by atoms with Crippen LogP contribution in [0.1, 0.15) is 11.1 Å². The standard InChI is InChI=1S/C16H17N5O/c1-19-13-6-3-5-12(9-13)15(18)21-16(22)20-14-7-2-4-11(8-14)10-17/h2-10,17,19H,1H3,(H3,18,20,21,22). The van der Waals surface area contributed by atoms with Crippen molar-refractivity contribution in [2.45, 2.75) is 0 Å². The highest BCUT2D eigenvalue weighted by Gasteiger charge is 2.07. The summed E-state index contributed by atoms with van der Waals surface area (Å²) in [6.07, 6.45) is 1.20. The number of anilines is 2. The van der Waals surface area contributed by atoms with Gasteiger partial charge in [0.1, 0.15) is 5.84 Å². The first-order valence-electron chi connectivity index (χ1n) is 6.67. The van der Waals surface area contributed by atoms with Crippen LogP contribution in [-0.2, 0) is 0 Å². The van der Waals surface area contributed by atoms with Gasteiger partial charge < -0.3 is 16.0 Å². The Morgan fingerprint density at radius 1 is 1.09 bits per heavy atom. The Morgan fingerprint density at radius 3 is 2.55 bits per heavy atom. The van der Waals surface area contributed by atoms with Gasteiger partial charge in [-0.25, -0.2) is 4.79 Å². The molecular weight excluding hydrogens is 278 g/mol. The van der Waals surface area contributed by atoms with Crippen LogP contribution in [0.2, 0.25) is 0 Å². The molecule has 2 aromatic rings. The molecule has 6 heteroatoms. The van der Waals surface area contributed by atoms with E-state index in [0.29, 0.717) is 16.8 Å². The highest BCUT2D eigenvalue weighted by molar-refractivity contribution is 6.09. The van der Waals surface area contributed by atoms with E-state index in [9.17, 15) is 4.79 Å². The first-order valence-corrected chi connectivity index (χ1v) is 6.67. The highest BCUT2D eigenvalue weighted by Crippen LogP contribution is 2.11. The summed E-state index contributed by atoms with van der Waals surface area (Å²) < 4.78 is 0. The normalized spacial score (nSPS) is 9.68. The van der Waals surface area contributed by atoms with Crippen molar-refractivity contribution in [2.24, 2.45) is 0 Å². The number of hydrogen-bond acceptors (Lipinski definition) is 4. The van der Waals surface area contributed by atoms with Crippen molar-refractivity contribution >= 4 is 29.5 Å². The topological polar surface area (TPSA) is 101 Å². The van der Waals surface area contributed by atoms with Gasteiger partial charge in [-0.2, -0.15) is 0 Å². The first kappa shape index (κ1) is 15.2. The van der Waals surface area contributed by atoms with Crippen molar-refractivity contribution in [1.29, 1.82) is 10.8 Å². The summed E-state index contributed by atoms with van der Waals surface area (Å²) >= 11 is 0. The van der Waals surface area contributed by atoms with Gasteiger partial charge in [0.2, 0.25) is 0 Å². The van der Waals surface area contributed by atoms with Crippen LogP contribution in [0.25, 0.3) is 0 Å². The van der Waals surface area contributed by atoms with E-state index in [1.54, 1.807) is 43.4 Å². The largest absolute Gasteiger partial charge is 0.388 e. The highest BCUT2D eigenvalue weighted by atomic mass is 16.2. The maximum absolute atomic E-state index is 11.9. The number of nitrogens with one attached hydrogen (secondary N) is 5. The number of amides is 2. The lowest BCUT2D eigenvalue weighted by molar-refractivity contribution is 0.256. The zero-order valence-electron chi connectivity index (χ0n) is 12.1. The first-order chi connectivity index (χ1) is 10.6. The lowest BCUT2D eigenvalue weighted by Crippen LogP contribution is -2.34. The van der Waals surface area contributed by atoms with Gasteiger partial charge in [0, 0.05) is 30.2 Å². The quantitative estimate of drug-likeness (QED) is 0.442. The van der Waals surface area contributed by atoms with Crippen LogP contribution in [0.3, 0.4) is 0 Å². The predicted octanol–water partition coefficient (Wildman–Crippen LogP) is 2.87. The van der Waals surface area contributed by atoms with Crippen LogP contribution in [-0.4, -0.2) is 25.1 Å². The van der Waals surface area contributed by atoms with Crippen molar-refractivity contribution in [1.82, 2.24) is 5.32 Å². The fraction of sp³-hybridized carbons (Fsp3) is 0.0625. The van der Waals surface area contributed by atoms with Crippen LogP contribution < -0.4 is 16.0 Å². The molecule has 0 unspecified atom stereocenters. The molecule has 0 spiro atoms. The molecule has 2 rings (SSSR count). The average Bonchev–Trinajstić information content (AvgIpc) is 2.54. The second-order valence-electron chi connectivity index (χ2n) is 4.55. The van der Waals surface area contributed by atoms with Gasteiger partial charge in [-0.1, -0.05) is 24.3 Å². The fourth-order valence-electron chi connectivity index (χ4n) is 1.88. The van der Waals surface area contributed by atoms with Gasteiger partial charge in [0.05, 0.1) is 0 Å². The second kappa shape index (κ2) is 7.03. The van der Waals surface area contributed by atoms with Crippen LogP contribution in [0, 0.1) is 10.8 Å². The van der Waals surface area contributed by atoms with E-state index in [4.69, 9.17) is 10.8 Å². The summed E-state index contributed by atoms with van der Waals surface area (Å²) in [6, 6.07) is 13.6. The van der Waals surface area contributed by atoms with E-state index in [1.165, 1.54) is 6.21 Å². The third-order valence-electron chi connectivity index (χ3n) is 2.99. The summed E-state index contributed by atoms with van der Waals surface area (Å²) in [5.74, 6) is 0.0119. The minimum Gasteiger partial charge on any atom is -0.388 e. The Bertz CT molecular complexity index is 711. The van der Waals surface area contributed by atoms with Crippen LogP contribution in [0.5, 0.6) is 0 Å². The van der Waals surface area contributed by atoms with Crippen molar-refractivity contribution in [2.75, 3.05) is 17.7 Å². The number of rotatable bonds is 4. The molecule has 112 valence electrons. The van der Waals surface area contributed by atoms with Crippen LogP contribution >= 0.6 is 0 Å². The molecule has 0 heterocycles. The molecule has 0 aliphatic rings. The molecule has 2 amide bonds. The Morgan fingerprint density at radius 2 is 1.82 bits per heavy atom. The molecule has 0 radical (unpaired) electrons.